The molecule has 0 saturated heterocycles. The quantitative estimate of drug-likeness (QED) is 0.804. The van der Waals surface area contributed by atoms with Crippen LogP contribution in [-0.2, 0) is 14.6 Å². The molecule has 0 radical (unpaired) electrons. The van der Waals surface area contributed by atoms with Gasteiger partial charge in [0.25, 0.3) is 0 Å². The maximum absolute atomic E-state index is 12.1. The van der Waals surface area contributed by atoms with Crippen molar-refractivity contribution in [3.05, 3.63) is 42.5 Å². The molecule has 3 rings (SSSR count). The van der Waals surface area contributed by atoms with Gasteiger partial charge in [0.15, 0.2) is 21.3 Å². The zero-order valence-corrected chi connectivity index (χ0v) is 15.1. The second-order valence-electron chi connectivity index (χ2n) is 5.69. The topological polar surface area (TPSA) is 93.7 Å². The highest BCUT2D eigenvalue weighted by Gasteiger charge is 2.13. The molecule has 26 heavy (non-hydrogen) atoms. The number of carbonyl (C=O) groups excluding carboxylic acids is 1. The number of amides is 1. The van der Waals surface area contributed by atoms with E-state index in [1.807, 2.05) is 0 Å². The van der Waals surface area contributed by atoms with Gasteiger partial charge in [-0.25, -0.2) is 8.42 Å². The minimum Gasteiger partial charge on any atom is -0.486 e. The summed E-state index contributed by atoms with van der Waals surface area (Å²) >= 11 is 0. The molecular weight excluding hydrogens is 356 g/mol. The Labute approximate surface area is 152 Å². The zero-order chi connectivity index (χ0) is 18.6. The molecule has 7 nitrogen and oxygen atoms in total. The van der Waals surface area contributed by atoms with Crippen molar-refractivity contribution in [3.63, 3.8) is 0 Å². The van der Waals surface area contributed by atoms with Crippen molar-refractivity contribution in [3.8, 4) is 11.5 Å². The first-order valence-electron chi connectivity index (χ1n) is 8.24. The van der Waals surface area contributed by atoms with Crippen LogP contribution in [0.2, 0.25) is 0 Å². The van der Waals surface area contributed by atoms with E-state index in [1.165, 1.54) is 12.1 Å². The Morgan fingerprint density at radius 1 is 1.00 bits per heavy atom. The summed E-state index contributed by atoms with van der Waals surface area (Å²) in [6.45, 7) is 2.65. The highest BCUT2D eigenvalue weighted by molar-refractivity contribution is 7.91. The van der Waals surface area contributed by atoms with Crippen LogP contribution in [0.25, 0.3) is 0 Å². The number of fused-ring (bicyclic) bond motifs is 1. The molecule has 2 N–H and O–H groups in total. The Morgan fingerprint density at radius 3 is 2.35 bits per heavy atom. The Balaban J connectivity index is 1.56. The minimum atomic E-state index is -3.22. The number of rotatable bonds is 6. The van der Waals surface area contributed by atoms with Crippen LogP contribution in [0.3, 0.4) is 0 Å². The van der Waals surface area contributed by atoms with Crippen molar-refractivity contribution in [1.29, 1.82) is 0 Å². The second-order valence-corrected chi connectivity index (χ2v) is 7.97. The molecule has 0 bridgehead atoms. The average Bonchev–Trinajstić information content (AvgIpc) is 2.66. The van der Waals surface area contributed by atoms with Crippen LogP contribution in [-0.4, -0.2) is 39.8 Å². The summed E-state index contributed by atoms with van der Waals surface area (Å²) in [4.78, 5) is 12.4. The highest BCUT2D eigenvalue weighted by atomic mass is 32.2. The molecule has 2 aromatic rings. The molecule has 0 saturated carbocycles. The Hall–Kier alpha value is -2.74. The minimum absolute atomic E-state index is 0.0499. The lowest BCUT2D eigenvalue weighted by Crippen LogP contribution is -2.22. The molecule has 0 aliphatic carbocycles. The summed E-state index contributed by atoms with van der Waals surface area (Å²) in [5, 5.41) is 5.74. The van der Waals surface area contributed by atoms with Gasteiger partial charge in [-0.1, -0.05) is 6.92 Å². The van der Waals surface area contributed by atoms with Gasteiger partial charge in [-0.2, -0.15) is 0 Å². The first kappa shape index (κ1) is 18.1. The molecule has 1 amide bonds. The lowest BCUT2D eigenvalue weighted by atomic mass is 10.2. The smallest absolute Gasteiger partial charge is 0.243 e. The fourth-order valence-electron chi connectivity index (χ4n) is 2.46. The van der Waals surface area contributed by atoms with Gasteiger partial charge in [0.1, 0.15) is 13.2 Å². The van der Waals surface area contributed by atoms with Gasteiger partial charge in [0.2, 0.25) is 5.91 Å². The molecule has 8 heteroatoms. The van der Waals surface area contributed by atoms with Crippen LogP contribution in [0.1, 0.15) is 6.92 Å². The first-order chi connectivity index (χ1) is 12.5. The Kier molecular flexibility index (Phi) is 5.32. The number of benzene rings is 2. The third kappa shape index (κ3) is 4.26. The van der Waals surface area contributed by atoms with E-state index in [0.717, 1.165) is 0 Å². The SMILES string of the molecule is CCS(=O)(=O)c1ccc(NCC(=O)Nc2ccc3c(c2)OCCO3)cc1. The van der Waals surface area contributed by atoms with E-state index < -0.39 is 9.84 Å². The number of sulfone groups is 1. The van der Waals surface area contributed by atoms with E-state index in [1.54, 1.807) is 37.3 Å². The molecule has 0 spiro atoms. The molecule has 1 heterocycles. The molecule has 0 unspecified atom stereocenters. The van der Waals surface area contributed by atoms with E-state index >= 15 is 0 Å². The molecule has 1 aliphatic heterocycles. The van der Waals surface area contributed by atoms with Crippen molar-refractivity contribution in [2.24, 2.45) is 0 Å². The Bertz CT molecular complexity index is 894. The van der Waals surface area contributed by atoms with Crippen molar-refractivity contribution < 1.29 is 22.7 Å². The molecular formula is C18H20N2O5S. The van der Waals surface area contributed by atoms with Crippen molar-refractivity contribution in [1.82, 2.24) is 0 Å². The number of hydrogen-bond acceptors (Lipinski definition) is 6. The molecule has 0 atom stereocenters. The van der Waals surface area contributed by atoms with Crippen LogP contribution in [0, 0.1) is 0 Å². The monoisotopic (exact) mass is 376 g/mol. The van der Waals surface area contributed by atoms with E-state index in [4.69, 9.17) is 9.47 Å². The van der Waals surface area contributed by atoms with Crippen LogP contribution >= 0.6 is 0 Å². The van der Waals surface area contributed by atoms with E-state index in [0.29, 0.717) is 36.1 Å². The number of ether oxygens (including phenoxy) is 2. The summed E-state index contributed by atoms with van der Waals surface area (Å²) in [5.74, 6) is 1.09. The number of hydrogen-bond donors (Lipinski definition) is 2. The van der Waals surface area contributed by atoms with Gasteiger partial charge >= 0.3 is 0 Å². The third-order valence-corrected chi connectivity index (χ3v) is 5.62. The van der Waals surface area contributed by atoms with Crippen LogP contribution in [0.15, 0.2) is 47.4 Å². The zero-order valence-electron chi connectivity index (χ0n) is 14.3. The maximum Gasteiger partial charge on any atom is 0.243 e. The lowest BCUT2D eigenvalue weighted by Gasteiger charge is -2.19. The highest BCUT2D eigenvalue weighted by Crippen LogP contribution is 2.32. The fourth-order valence-corrected chi connectivity index (χ4v) is 3.34. The second kappa shape index (κ2) is 7.65. The first-order valence-corrected chi connectivity index (χ1v) is 9.89. The summed E-state index contributed by atoms with van der Waals surface area (Å²) in [6, 6.07) is 11.6. The normalized spacial score (nSPS) is 13.1. The average molecular weight is 376 g/mol. The molecule has 0 fully saturated rings. The summed E-state index contributed by atoms with van der Waals surface area (Å²) < 4.78 is 34.5. The third-order valence-electron chi connectivity index (χ3n) is 3.87. The predicted molar refractivity (Wildman–Crippen MR) is 98.7 cm³/mol. The number of anilines is 2. The molecule has 0 aromatic heterocycles. The predicted octanol–water partition coefficient (Wildman–Crippen LogP) is 2.30. The van der Waals surface area contributed by atoms with Gasteiger partial charge < -0.3 is 20.1 Å². The maximum atomic E-state index is 12.1. The van der Waals surface area contributed by atoms with Crippen LogP contribution < -0.4 is 20.1 Å². The van der Waals surface area contributed by atoms with Crippen LogP contribution in [0.5, 0.6) is 11.5 Å². The van der Waals surface area contributed by atoms with Gasteiger partial charge in [-0.3, -0.25) is 4.79 Å². The molecule has 1 aliphatic rings. The van der Waals surface area contributed by atoms with E-state index in [2.05, 4.69) is 10.6 Å². The Morgan fingerprint density at radius 2 is 1.65 bits per heavy atom. The molecule has 138 valence electrons. The summed E-state index contributed by atoms with van der Waals surface area (Å²) in [7, 11) is -3.22. The number of nitrogens with one attached hydrogen (secondary N) is 2. The fraction of sp³-hybridized carbons (Fsp3) is 0.278. The lowest BCUT2D eigenvalue weighted by molar-refractivity contribution is -0.114. The largest absolute Gasteiger partial charge is 0.486 e. The van der Waals surface area contributed by atoms with E-state index in [9.17, 15) is 13.2 Å². The van der Waals surface area contributed by atoms with Crippen molar-refractivity contribution >= 4 is 27.1 Å². The number of carbonyl (C=O) groups is 1. The van der Waals surface area contributed by atoms with Gasteiger partial charge in [0.05, 0.1) is 17.2 Å². The summed E-state index contributed by atoms with van der Waals surface area (Å²) in [6.07, 6.45) is 0. The summed E-state index contributed by atoms with van der Waals surface area (Å²) in [5.41, 5.74) is 1.28. The van der Waals surface area contributed by atoms with Crippen molar-refractivity contribution in [2.45, 2.75) is 11.8 Å². The molecule has 2 aromatic carbocycles. The standard InChI is InChI=1S/C18H20N2O5S/c1-2-26(22,23)15-6-3-13(4-7-15)19-12-18(21)20-14-5-8-16-17(11-14)25-10-9-24-16/h3-8,11,19H,2,9-10,12H2,1H3,(H,20,21). The van der Waals surface area contributed by atoms with Gasteiger partial charge in [-0.15, -0.1) is 0 Å². The van der Waals surface area contributed by atoms with Gasteiger partial charge in [-0.05, 0) is 36.4 Å². The van der Waals surface area contributed by atoms with Crippen molar-refractivity contribution in [2.75, 3.05) is 36.1 Å². The van der Waals surface area contributed by atoms with E-state index in [-0.39, 0.29) is 23.1 Å². The van der Waals surface area contributed by atoms with Crippen LogP contribution in [0.4, 0.5) is 11.4 Å². The van der Waals surface area contributed by atoms with Gasteiger partial charge in [0, 0.05) is 17.4 Å².